The standard InChI is InChI=1S/C21H16N8O5/c1-12-9-10-13-5-4-7-15(17(13)24-12)25-19-18(29(33)34)20(23-11-22-19)26-27-21(30)14-6-2-3-8-16(14)28(31)32/h2-11H,1H3,(H,27,30)(H2,22,23,25,26). The molecule has 0 saturated heterocycles. The van der Waals surface area contributed by atoms with Gasteiger partial charge in [0, 0.05) is 17.1 Å². The summed E-state index contributed by atoms with van der Waals surface area (Å²) in [5.41, 5.74) is 5.21. The Balaban J connectivity index is 1.64. The quantitative estimate of drug-likeness (QED) is 0.272. The lowest BCUT2D eigenvalue weighted by Gasteiger charge is -2.12. The summed E-state index contributed by atoms with van der Waals surface area (Å²) in [6, 6.07) is 14.3. The second kappa shape index (κ2) is 9.12. The van der Waals surface area contributed by atoms with Crippen molar-refractivity contribution in [2.24, 2.45) is 0 Å². The Hall–Kier alpha value is -5.20. The number of amides is 1. The molecule has 1 amide bonds. The number of fused-ring (bicyclic) bond motifs is 1. The molecule has 3 N–H and O–H groups in total. The molecule has 0 spiro atoms. The summed E-state index contributed by atoms with van der Waals surface area (Å²) in [5, 5.41) is 26.7. The van der Waals surface area contributed by atoms with E-state index < -0.39 is 27.1 Å². The van der Waals surface area contributed by atoms with Gasteiger partial charge in [0.05, 0.1) is 21.1 Å². The zero-order valence-electron chi connectivity index (χ0n) is 17.6. The highest BCUT2D eigenvalue weighted by Crippen LogP contribution is 2.33. The van der Waals surface area contributed by atoms with Crippen LogP contribution in [0, 0.1) is 27.2 Å². The fraction of sp³-hybridized carbons (Fsp3) is 0.0476. The monoisotopic (exact) mass is 460 g/mol. The molecule has 0 bridgehead atoms. The number of aromatic nitrogens is 3. The molecule has 0 atom stereocenters. The van der Waals surface area contributed by atoms with Crippen molar-refractivity contribution >= 4 is 45.5 Å². The van der Waals surface area contributed by atoms with Crippen LogP contribution in [0.15, 0.2) is 60.9 Å². The number of nitro benzene ring substituents is 1. The predicted molar refractivity (Wildman–Crippen MR) is 123 cm³/mol. The van der Waals surface area contributed by atoms with Crippen molar-refractivity contribution in [3.8, 4) is 0 Å². The molecule has 4 rings (SSSR count). The minimum absolute atomic E-state index is 0.141. The maximum atomic E-state index is 12.5. The Morgan fingerprint density at radius 2 is 1.68 bits per heavy atom. The highest BCUT2D eigenvalue weighted by atomic mass is 16.6. The van der Waals surface area contributed by atoms with Gasteiger partial charge in [-0.05, 0) is 25.1 Å². The number of carbonyl (C=O) groups excluding carboxylic acids is 1. The van der Waals surface area contributed by atoms with Crippen LogP contribution in [0.1, 0.15) is 16.1 Å². The molecule has 170 valence electrons. The van der Waals surface area contributed by atoms with Crippen LogP contribution in [0.25, 0.3) is 10.9 Å². The minimum Gasteiger partial charge on any atom is -0.332 e. The topological polar surface area (TPSA) is 178 Å². The second-order valence-electron chi connectivity index (χ2n) is 6.98. The van der Waals surface area contributed by atoms with E-state index in [1.165, 1.54) is 24.3 Å². The number of aryl methyl sites for hydroxylation is 1. The maximum Gasteiger partial charge on any atom is 0.355 e. The van der Waals surface area contributed by atoms with E-state index in [0.29, 0.717) is 11.2 Å². The van der Waals surface area contributed by atoms with Gasteiger partial charge in [-0.15, -0.1) is 0 Å². The number of nitrogens with one attached hydrogen (secondary N) is 3. The zero-order chi connectivity index (χ0) is 24.2. The van der Waals surface area contributed by atoms with E-state index >= 15 is 0 Å². The molecule has 0 aliphatic rings. The van der Waals surface area contributed by atoms with Crippen LogP contribution in [0.2, 0.25) is 0 Å². The first-order valence-electron chi connectivity index (χ1n) is 9.77. The van der Waals surface area contributed by atoms with E-state index in [2.05, 4.69) is 31.1 Å². The molecule has 2 aromatic heterocycles. The number of anilines is 3. The number of rotatable bonds is 7. The van der Waals surface area contributed by atoms with Crippen molar-refractivity contribution in [1.29, 1.82) is 0 Å². The van der Waals surface area contributed by atoms with Gasteiger partial charge in [-0.1, -0.05) is 30.3 Å². The van der Waals surface area contributed by atoms with Crippen molar-refractivity contribution in [3.63, 3.8) is 0 Å². The Kier molecular flexibility index (Phi) is 5.90. The molecule has 4 aromatic rings. The first-order valence-corrected chi connectivity index (χ1v) is 9.77. The first kappa shape index (κ1) is 22.0. The Morgan fingerprint density at radius 3 is 2.44 bits per heavy atom. The molecule has 13 heteroatoms. The van der Waals surface area contributed by atoms with E-state index in [1.54, 1.807) is 12.1 Å². The van der Waals surface area contributed by atoms with E-state index in [0.717, 1.165) is 17.4 Å². The van der Waals surface area contributed by atoms with Crippen LogP contribution in [0.3, 0.4) is 0 Å². The molecule has 2 heterocycles. The smallest absolute Gasteiger partial charge is 0.332 e. The number of hydrogen-bond acceptors (Lipinski definition) is 10. The van der Waals surface area contributed by atoms with E-state index in [-0.39, 0.29) is 17.2 Å². The van der Waals surface area contributed by atoms with Gasteiger partial charge in [0.25, 0.3) is 11.6 Å². The molecule has 2 aromatic carbocycles. The van der Waals surface area contributed by atoms with Crippen molar-refractivity contribution in [3.05, 3.63) is 92.4 Å². The lowest BCUT2D eigenvalue weighted by atomic mass is 10.1. The summed E-state index contributed by atoms with van der Waals surface area (Å²) in [6.45, 7) is 1.82. The van der Waals surface area contributed by atoms with Crippen LogP contribution in [-0.2, 0) is 0 Å². The molecule has 0 aliphatic heterocycles. The van der Waals surface area contributed by atoms with Gasteiger partial charge in [0.1, 0.15) is 11.9 Å². The third kappa shape index (κ3) is 4.38. The van der Waals surface area contributed by atoms with Crippen molar-refractivity contribution in [1.82, 2.24) is 20.4 Å². The number of nitro groups is 2. The molecule has 0 fully saturated rings. The third-order valence-electron chi connectivity index (χ3n) is 4.76. The van der Waals surface area contributed by atoms with Gasteiger partial charge >= 0.3 is 5.69 Å². The van der Waals surface area contributed by atoms with E-state index in [9.17, 15) is 25.0 Å². The summed E-state index contributed by atoms with van der Waals surface area (Å²) < 4.78 is 0. The minimum atomic E-state index is -0.872. The fourth-order valence-corrected chi connectivity index (χ4v) is 3.22. The van der Waals surface area contributed by atoms with Crippen molar-refractivity contribution < 1.29 is 14.6 Å². The molecular weight excluding hydrogens is 444 g/mol. The largest absolute Gasteiger partial charge is 0.355 e. The van der Waals surface area contributed by atoms with Gasteiger partial charge in [0.2, 0.25) is 11.6 Å². The Labute approximate surface area is 191 Å². The number of hydrazine groups is 1. The summed E-state index contributed by atoms with van der Waals surface area (Å²) in [4.78, 5) is 46.3. The molecule has 34 heavy (non-hydrogen) atoms. The van der Waals surface area contributed by atoms with Crippen molar-refractivity contribution in [2.75, 3.05) is 10.7 Å². The normalized spacial score (nSPS) is 10.5. The van der Waals surface area contributed by atoms with Gasteiger partial charge in [0.15, 0.2) is 0 Å². The summed E-state index contributed by atoms with van der Waals surface area (Å²) >= 11 is 0. The maximum absolute atomic E-state index is 12.5. The summed E-state index contributed by atoms with van der Waals surface area (Å²) in [5.74, 6) is -1.33. The highest BCUT2D eigenvalue weighted by Gasteiger charge is 2.25. The average Bonchev–Trinajstić information content (AvgIpc) is 2.82. The second-order valence-corrected chi connectivity index (χ2v) is 6.98. The van der Waals surface area contributed by atoms with Crippen LogP contribution < -0.4 is 16.2 Å². The fourth-order valence-electron chi connectivity index (χ4n) is 3.22. The number of carbonyl (C=O) groups is 1. The van der Waals surface area contributed by atoms with Crippen LogP contribution in [0.4, 0.5) is 28.7 Å². The van der Waals surface area contributed by atoms with Crippen LogP contribution in [-0.4, -0.2) is 30.7 Å². The molecule has 0 radical (unpaired) electrons. The average molecular weight is 460 g/mol. The lowest BCUT2D eigenvalue weighted by molar-refractivity contribution is -0.385. The number of para-hydroxylation sites is 2. The summed E-state index contributed by atoms with van der Waals surface area (Å²) in [6.07, 6.45) is 1.07. The van der Waals surface area contributed by atoms with Gasteiger partial charge < -0.3 is 5.32 Å². The Bertz CT molecular complexity index is 1440. The SMILES string of the molecule is Cc1ccc2cccc(Nc3ncnc(NNC(=O)c4ccccc4[N+](=O)[O-])c3[N+](=O)[O-])c2n1. The number of nitrogens with zero attached hydrogens (tertiary/aromatic N) is 5. The number of hydrogen-bond donors (Lipinski definition) is 3. The number of pyridine rings is 1. The first-order chi connectivity index (χ1) is 16.3. The van der Waals surface area contributed by atoms with E-state index in [1.807, 2.05) is 25.1 Å². The summed E-state index contributed by atoms with van der Waals surface area (Å²) in [7, 11) is 0. The molecular formula is C21H16N8O5. The number of benzene rings is 2. The van der Waals surface area contributed by atoms with Gasteiger partial charge in [-0.25, -0.2) is 9.97 Å². The molecule has 0 unspecified atom stereocenters. The van der Waals surface area contributed by atoms with Crippen LogP contribution in [0.5, 0.6) is 0 Å². The molecule has 13 nitrogen and oxygen atoms in total. The van der Waals surface area contributed by atoms with Gasteiger partial charge in [-0.3, -0.25) is 40.9 Å². The lowest BCUT2D eigenvalue weighted by Crippen LogP contribution is -2.30. The molecule has 0 saturated carbocycles. The van der Waals surface area contributed by atoms with Gasteiger partial charge in [-0.2, -0.15) is 0 Å². The third-order valence-corrected chi connectivity index (χ3v) is 4.76. The zero-order valence-corrected chi connectivity index (χ0v) is 17.6. The molecule has 0 aliphatic carbocycles. The van der Waals surface area contributed by atoms with Crippen molar-refractivity contribution in [2.45, 2.75) is 6.92 Å². The predicted octanol–water partition coefficient (Wildman–Crippen LogP) is 3.65. The van der Waals surface area contributed by atoms with Crippen LogP contribution >= 0.6 is 0 Å². The Morgan fingerprint density at radius 1 is 0.912 bits per heavy atom. The van der Waals surface area contributed by atoms with E-state index in [4.69, 9.17) is 0 Å². The highest BCUT2D eigenvalue weighted by molar-refractivity contribution is 5.99.